The van der Waals surface area contributed by atoms with Gasteiger partial charge in [0.2, 0.25) is 6.10 Å². The molecule has 30 heavy (non-hydrogen) atoms. The van der Waals surface area contributed by atoms with Crippen molar-refractivity contribution in [3.63, 3.8) is 0 Å². The summed E-state index contributed by atoms with van der Waals surface area (Å²) in [7, 11) is 3.24. The maximum absolute atomic E-state index is 12.8. The van der Waals surface area contributed by atoms with Gasteiger partial charge in [-0.25, -0.2) is 0 Å². The predicted molar refractivity (Wildman–Crippen MR) is 112 cm³/mol. The Morgan fingerprint density at radius 2 is 1.67 bits per heavy atom. The van der Waals surface area contributed by atoms with E-state index in [2.05, 4.69) is 0 Å². The van der Waals surface area contributed by atoms with Crippen molar-refractivity contribution in [1.29, 1.82) is 0 Å². The molecule has 0 radical (unpaired) electrons. The van der Waals surface area contributed by atoms with Crippen LogP contribution in [0.4, 0.5) is 11.4 Å². The lowest BCUT2D eigenvalue weighted by atomic mass is 9.96. The Morgan fingerprint density at radius 1 is 1.07 bits per heavy atom. The highest BCUT2D eigenvalue weighted by Crippen LogP contribution is 2.32. The highest BCUT2D eigenvalue weighted by Gasteiger charge is 2.33. The maximum atomic E-state index is 12.8. The number of nitro benzene ring substituents is 1. The minimum absolute atomic E-state index is 0.0549. The van der Waals surface area contributed by atoms with Gasteiger partial charge in [-0.05, 0) is 18.9 Å². The number of para-hydroxylation sites is 2. The van der Waals surface area contributed by atoms with Crippen molar-refractivity contribution >= 4 is 23.3 Å². The number of benzene rings is 2. The normalized spacial score (nSPS) is 15.3. The predicted octanol–water partition coefficient (Wildman–Crippen LogP) is 3.18. The molecule has 1 saturated heterocycles. The summed E-state index contributed by atoms with van der Waals surface area (Å²) in [5, 5.41) is 11.3. The molecule has 0 aliphatic carbocycles. The number of hydrogen-bond acceptors (Lipinski definition) is 6. The molecule has 1 aliphatic rings. The molecule has 1 atom stereocenters. The van der Waals surface area contributed by atoms with E-state index in [0.717, 1.165) is 0 Å². The number of hydrogen-bond donors (Lipinski definition) is 0. The summed E-state index contributed by atoms with van der Waals surface area (Å²) in [5.41, 5.74) is 1.24. The lowest BCUT2D eigenvalue weighted by Crippen LogP contribution is -2.39. The Kier molecular flexibility index (Phi) is 6.66. The Bertz CT molecular complexity index is 908. The van der Waals surface area contributed by atoms with Crippen LogP contribution in [0.3, 0.4) is 0 Å². The third kappa shape index (κ3) is 4.76. The minimum Gasteiger partial charge on any atom is -0.447 e. The van der Waals surface area contributed by atoms with Gasteiger partial charge in [-0.1, -0.05) is 42.5 Å². The van der Waals surface area contributed by atoms with Crippen molar-refractivity contribution in [3.8, 4) is 0 Å². The summed E-state index contributed by atoms with van der Waals surface area (Å²) >= 11 is 0. The molecule has 0 N–H and O–H groups in total. The van der Waals surface area contributed by atoms with Crippen molar-refractivity contribution in [2.45, 2.75) is 18.9 Å². The van der Waals surface area contributed by atoms with Gasteiger partial charge in [0.05, 0.1) is 10.8 Å². The van der Waals surface area contributed by atoms with Crippen LogP contribution in [0.1, 0.15) is 24.5 Å². The van der Waals surface area contributed by atoms with Crippen LogP contribution in [-0.4, -0.2) is 48.9 Å². The van der Waals surface area contributed by atoms with E-state index in [9.17, 15) is 19.7 Å². The number of anilines is 1. The summed E-state index contributed by atoms with van der Waals surface area (Å²) in [6.07, 6.45) is 0.0207. The van der Waals surface area contributed by atoms with Gasteiger partial charge in [-0.2, -0.15) is 0 Å². The smallest absolute Gasteiger partial charge is 0.310 e. The van der Waals surface area contributed by atoms with E-state index in [1.165, 1.54) is 11.0 Å². The molecule has 0 unspecified atom stereocenters. The van der Waals surface area contributed by atoms with E-state index >= 15 is 0 Å². The number of rotatable bonds is 6. The number of likely N-dealkylation sites (N-methyl/N-ethyl adjacent to an activating group) is 1. The molecule has 0 bridgehead atoms. The van der Waals surface area contributed by atoms with Crippen molar-refractivity contribution in [3.05, 3.63) is 70.3 Å². The number of esters is 1. The largest absolute Gasteiger partial charge is 0.447 e. The van der Waals surface area contributed by atoms with Crippen molar-refractivity contribution in [1.82, 2.24) is 4.90 Å². The monoisotopic (exact) mass is 411 g/mol. The van der Waals surface area contributed by atoms with Crippen molar-refractivity contribution in [2.24, 2.45) is 5.92 Å². The zero-order valence-electron chi connectivity index (χ0n) is 17.1. The highest BCUT2D eigenvalue weighted by atomic mass is 16.6. The second-order valence-corrected chi connectivity index (χ2v) is 7.47. The first-order valence-electron chi connectivity index (χ1n) is 9.83. The van der Waals surface area contributed by atoms with Crippen LogP contribution in [0.2, 0.25) is 0 Å². The van der Waals surface area contributed by atoms with Crippen molar-refractivity contribution in [2.75, 3.05) is 32.1 Å². The van der Waals surface area contributed by atoms with E-state index in [1.54, 1.807) is 56.6 Å². The average molecular weight is 411 g/mol. The van der Waals surface area contributed by atoms with Gasteiger partial charge >= 0.3 is 5.97 Å². The molecular weight excluding hydrogens is 386 g/mol. The molecular formula is C22H25N3O5. The van der Waals surface area contributed by atoms with Gasteiger partial charge in [0.25, 0.3) is 11.6 Å². The van der Waals surface area contributed by atoms with Crippen LogP contribution in [0, 0.1) is 16.0 Å². The van der Waals surface area contributed by atoms with Crippen LogP contribution >= 0.6 is 0 Å². The van der Waals surface area contributed by atoms with E-state index < -0.39 is 17.0 Å². The molecule has 0 spiro atoms. The topological polar surface area (TPSA) is 93.0 Å². The molecule has 1 aliphatic heterocycles. The van der Waals surface area contributed by atoms with Gasteiger partial charge in [0.1, 0.15) is 5.69 Å². The molecule has 2 aromatic rings. The first-order chi connectivity index (χ1) is 14.4. The summed E-state index contributed by atoms with van der Waals surface area (Å²) in [6.45, 7) is 1.00. The van der Waals surface area contributed by atoms with Gasteiger partial charge in [0.15, 0.2) is 0 Å². The molecule has 1 amide bonds. The van der Waals surface area contributed by atoms with Gasteiger partial charge in [0, 0.05) is 38.8 Å². The van der Waals surface area contributed by atoms with E-state index in [0.29, 0.717) is 37.2 Å². The summed E-state index contributed by atoms with van der Waals surface area (Å²) in [4.78, 5) is 39.6. The van der Waals surface area contributed by atoms with Crippen LogP contribution in [0.25, 0.3) is 0 Å². The number of carbonyl (C=O) groups excluding carboxylic acids is 2. The first kappa shape index (κ1) is 21.3. The summed E-state index contributed by atoms with van der Waals surface area (Å²) in [6, 6.07) is 15.5. The fourth-order valence-corrected chi connectivity index (χ4v) is 3.58. The second kappa shape index (κ2) is 9.39. The molecule has 2 aromatic carbocycles. The van der Waals surface area contributed by atoms with Crippen LogP contribution in [0.15, 0.2) is 54.6 Å². The Morgan fingerprint density at radius 3 is 2.27 bits per heavy atom. The second-order valence-electron chi connectivity index (χ2n) is 7.47. The molecule has 1 heterocycles. The van der Waals surface area contributed by atoms with Crippen molar-refractivity contribution < 1.29 is 19.2 Å². The molecule has 0 aromatic heterocycles. The third-order valence-corrected chi connectivity index (χ3v) is 5.25. The van der Waals surface area contributed by atoms with Gasteiger partial charge in [-0.3, -0.25) is 19.7 Å². The third-order valence-electron chi connectivity index (χ3n) is 5.25. The highest BCUT2D eigenvalue weighted by molar-refractivity contribution is 5.85. The average Bonchev–Trinajstić information content (AvgIpc) is 2.77. The Balaban J connectivity index is 1.67. The molecule has 158 valence electrons. The lowest BCUT2D eigenvalue weighted by molar-refractivity contribution is -0.384. The fourth-order valence-electron chi connectivity index (χ4n) is 3.58. The summed E-state index contributed by atoms with van der Waals surface area (Å²) in [5.74, 6) is -1.07. The van der Waals surface area contributed by atoms with Crippen LogP contribution < -0.4 is 4.90 Å². The van der Waals surface area contributed by atoms with Gasteiger partial charge in [-0.15, -0.1) is 0 Å². The van der Waals surface area contributed by atoms with Crippen LogP contribution in [-0.2, 0) is 14.3 Å². The standard InChI is InChI=1S/C22H25N3O5/c1-23(2)21(26)20(16-8-4-3-5-9-16)30-22(27)17-12-14-24(15-13-17)18-10-6-7-11-19(18)25(28)29/h3-11,17,20H,12-15H2,1-2H3/t20-/m0/s1. The molecule has 0 saturated carbocycles. The first-order valence-corrected chi connectivity index (χ1v) is 9.83. The molecule has 8 heteroatoms. The number of amides is 1. The van der Waals surface area contributed by atoms with Crippen LogP contribution in [0.5, 0.6) is 0 Å². The van der Waals surface area contributed by atoms with E-state index in [-0.39, 0.29) is 17.5 Å². The number of carbonyl (C=O) groups is 2. The minimum atomic E-state index is -0.984. The Hall–Kier alpha value is -3.42. The molecule has 8 nitrogen and oxygen atoms in total. The number of ether oxygens (including phenoxy) is 1. The van der Waals surface area contributed by atoms with E-state index in [1.807, 2.05) is 11.0 Å². The maximum Gasteiger partial charge on any atom is 0.310 e. The quantitative estimate of drug-likeness (QED) is 0.412. The number of piperidine rings is 1. The van der Waals surface area contributed by atoms with E-state index in [4.69, 9.17) is 4.74 Å². The SMILES string of the molecule is CN(C)C(=O)[C@@H](OC(=O)C1CCN(c2ccccc2[N+](=O)[O-])CC1)c1ccccc1. The molecule has 3 rings (SSSR count). The summed E-state index contributed by atoms with van der Waals surface area (Å²) < 4.78 is 5.65. The number of nitrogens with zero attached hydrogens (tertiary/aromatic N) is 3. The Labute approximate surface area is 175 Å². The zero-order valence-corrected chi connectivity index (χ0v) is 17.1. The zero-order chi connectivity index (χ0) is 21.7. The lowest BCUT2D eigenvalue weighted by Gasteiger charge is -2.33. The number of nitro groups is 1. The molecule has 1 fully saturated rings. The van der Waals surface area contributed by atoms with Gasteiger partial charge < -0.3 is 14.5 Å². The fraction of sp³-hybridized carbons (Fsp3) is 0.364.